The molecule has 2 aliphatic rings. The predicted octanol–water partition coefficient (Wildman–Crippen LogP) is 4.90. The molecule has 7 heteroatoms. The number of allylic oxidation sites excluding steroid dienone is 2. The van der Waals surface area contributed by atoms with E-state index in [0.29, 0.717) is 5.69 Å². The molecule has 1 aromatic carbocycles. The van der Waals surface area contributed by atoms with Gasteiger partial charge < -0.3 is 14.2 Å². The average Bonchev–Trinajstić information content (AvgIpc) is 3.21. The van der Waals surface area contributed by atoms with Crippen LogP contribution in [0.1, 0.15) is 18.2 Å². The Hall–Kier alpha value is -2.67. The molecular formula is C22H24F3N3O. The number of rotatable bonds is 4. The fraction of sp³-hybridized carbons (Fsp3) is 0.364. The highest BCUT2D eigenvalue weighted by molar-refractivity contribution is 5.75. The summed E-state index contributed by atoms with van der Waals surface area (Å²) in [5.41, 5.74) is 0.803. The summed E-state index contributed by atoms with van der Waals surface area (Å²) in [4.78, 5) is 6.37. The molecule has 4 rings (SSSR count). The molecule has 154 valence electrons. The van der Waals surface area contributed by atoms with E-state index >= 15 is 0 Å². The van der Waals surface area contributed by atoms with Gasteiger partial charge in [0.25, 0.3) is 0 Å². The fourth-order valence-corrected chi connectivity index (χ4v) is 3.84. The lowest BCUT2D eigenvalue weighted by atomic mass is 10.1. The van der Waals surface area contributed by atoms with E-state index in [1.807, 2.05) is 48.4 Å². The number of halogens is 3. The molecule has 1 atom stereocenters. The molecule has 0 N–H and O–H groups in total. The van der Waals surface area contributed by atoms with Crippen molar-refractivity contribution in [3.8, 4) is 0 Å². The molecule has 0 amide bonds. The van der Waals surface area contributed by atoms with Crippen molar-refractivity contribution in [2.75, 3.05) is 36.0 Å². The zero-order valence-electron chi connectivity index (χ0n) is 16.3. The van der Waals surface area contributed by atoms with E-state index in [1.54, 1.807) is 12.3 Å². The van der Waals surface area contributed by atoms with Crippen molar-refractivity contribution in [3.63, 3.8) is 0 Å². The van der Waals surface area contributed by atoms with Crippen molar-refractivity contribution in [2.45, 2.75) is 25.7 Å². The lowest BCUT2D eigenvalue weighted by molar-refractivity contribution is -0.137. The number of furan rings is 1. The minimum absolute atomic E-state index is 0.0116. The number of hydrogen-bond donors (Lipinski definition) is 0. The second kappa shape index (κ2) is 7.99. The fourth-order valence-electron chi connectivity index (χ4n) is 3.84. The topological polar surface area (TPSA) is 22.9 Å². The van der Waals surface area contributed by atoms with E-state index in [4.69, 9.17) is 4.42 Å². The van der Waals surface area contributed by atoms with Crippen molar-refractivity contribution >= 4 is 11.4 Å². The monoisotopic (exact) mass is 403 g/mol. The first-order chi connectivity index (χ1) is 13.9. The van der Waals surface area contributed by atoms with E-state index in [2.05, 4.69) is 9.80 Å². The third-order valence-electron chi connectivity index (χ3n) is 5.44. The number of piperazine rings is 1. The van der Waals surface area contributed by atoms with Crippen LogP contribution < -0.4 is 9.80 Å². The van der Waals surface area contributed by atoms with Gasteiger partial charge in [-0.1, -0.05) is 12.2 Å². The van der Waals surface area contributed by atoms with Crippen LogP contribution in [0.2, 0.25) is 0 Å². The van der Waals surface area contributed by atoms with Crippen LogP contribution in [0.25, 0.3) is 0 Å². The predicted molar refractivity (Wildman–Crippen MR) is 108 cm³/mol. The molecular weight excluding hydrogens is 379 g/mol. The zero-order chi connectivity index (χ0) is 20.4. The summed E-state index contributed by atoms with van der Waals surface area (Å²) < 4.78 is 45.5. The van der Waals surface area contributed by atoms with Gasteiger partial charge in [-0.05, 0) is 43.3 Å². The smallest absolute Gasteiger partial charge is 0.416 e. The quantitative estimate of drug-likeness (QED) is 0.724. The van der Waals surface area contributed by atoms with Crippen molar-refractivity contribution in [1.29, 1.82) is 0 Å². The van der Waals surface area contributed by atoms with Crippen LogP contribution in [0.4, 0.5) is 24.5 Å². The molecule has 1 saturated heterocycles. The van der Waals surface area contributed by atoms with Gasteiger partial charge in [-0.15, -0.1) is 0 Å². The lowest BCUT2D eigenvalue weighted by Crippen LogP contribution is -2.46. The van der Waals surface area contributed by atoms with E-state index in [-0.39, 0.29) is 6.04 Å². The summed E-state index contributed by atoms with van der Waals surface area (Å²) in [6.07, 6.45) is 4.89. The summed E-state index contributed by atoms with van der Waals surface area (Å²) in [5, 5.41) is 0. The number of alkyl halides is 3. The first-order valence-electron chi connectivity index (χ1n) is 9.76. The maximum absolute atomic E-state index is 13.4. The Balaban J connectivity index is 1.56. The molecule has 0 spiro atoms. The van der Waals surface area contributed by atoms with Crippen LogP contribution in [0, 0.1) is 0 Å². The van der Waals surface area contributed by atoms with Gasteiger partial charge in [0.05, 0.1) is 29.7 Å². The van der Waals surface area contributed by atoms with E-state index < -0.39 is 11.7 Å². The summed E-state index contributed by atoms with van der Waals surface area (Å²) >= 11 is 0. The molecule has 0 saturated carbocycles. The van der Waals surface area contributed by atoms with Gasteiger partial charge in [0.15, 0.2) is 0 Å². The lowest BCUT2D eigenvalue weighted by Gasteiger charge is -2.39. The molecule has 4 nitrogen and oxygen atoms in total. The molecule has 29 heavy (non-hydrogen) atoms. The zero-order valence-corrected chi connectivity index (χ0v) is 16.3. The molecule has 0 bridgehead atoms. The summed E-state index contributed by atoms with van der Waals surface area (Å²) in [5.74, 6) is 0.924. The third kappa shape index (κ3) is 4.34. The molecule has 0 radical (unpaired) electrons. The maximum atomic E-state index is 13.4. The van der Waals surface area contributed by atoms with E-state index in [1.165, 1.54) is 12.1 Å². The van der Waals surface area contributed by atoms with Gasteiger partial charge in [0.2, 0.25) is 0 Å². The number of benzene rings is 1. The van der Waals surface area contributed by atoms with Gasteiger partial charge in [-0.25, -0.2) is 0 Å². The van der Waals surface area contributed by atoms with Crippen LogP contribution in [0.3, 0.4) is 0 Å². The summed E-state index contributed by atoms with van der Waals surface area (Å²) in [6.45, 7) is 5.88. The third-order valence-corrected chi connectivity index (χ3v) is 5.44. The van der Waals surface area contributed by atoms with Crippen molar-refractivity contribution in [1.82, 2.24) is 4.90 Å². The van der Waals surface area contributed by atoms with Crippen molar-refractivity contribution < 1.29 is 17.6 Å². The Bertz CT molecular complexity index is 881. The number of nitrogens with zero attached hydrogens (tertiary/aromatic N) is 3. The summed E-state index contributed by atoms with van der Waals surface area (Å²) in [7, 11) is 0. The van der Waals surface area contributed by atoms with Crippen molar-refractivity contribution in [3.05, 3.63) is 72.3 Å². The minimum Gasteiger partial charge on any atom is -0.468 e. The van der Waals surface area contributed by atoms with Gasteiger partial charge in [0.1, 0.15) is 5.76 Å². The highest BCUT2D eigenvalue weighted by Crippen LogP contribution is 2.39. The van der Waals surface area contributed by atoms with Crippen LogP contribution in [0.15, 0.2) is 65.4 Å². The molecule has 1 unspecified atom stereocenters. The number of hydrogen-bond acceptors (Lipinski definition) is 4. The van der Waals surface area contributed by atoms with Crippen LogP contribution in [0.5, 0.6) is 0 Å². The van der Waals surface area contributed by atoms with Crippen LogP contribution in [-0.4, -0.2) is 37.1 Å². The first kappa shape index (κ1) is 19.6. The minimum atomic E-state index is -4.37. The molecule has 0 aliphatic carbocycles. The average molecular weight is 403 g/mol. The Kier molecular flexibility index (Phi) is 5.41. The Morgan fingerprint density at radius 2 is 1.83 bits per heavy atom. The highest BCUT2D eigenvalue weighted by atomic mass is 19.4. The Morgan fingerprint density at radius 3 is 2.48 bits per heavy atom. The standard InChI is InChI=1S/C22H24F3N3O/c1-17-5-2-3-9-28(17)21-15-18(22(23,24)25)7-8-20(21)27-12-10-26(11-13-27)16-19-6-4-14-29-19/h2-9,14-15,17H,10-13,16H2,1H3. The van der Waals surface area contributed by atoms with Crippen molar-refractivity contribution in [2.24, 2.45) is 0 Å². The molecule has 2 aromatic rings. The van der Waals surface area contributed by atoms with Gasteiger partial charge in [-0.3, -0.25) is 4.90 Å². The van der Waals surface area contributed by atoms with Gasteiger partial charge >= 0.3 is 6.18 Å². The molecule has 3 heterocycles. The molecule has 1 aromatic heterocycles. The maximum Gasteiger partial charge on any atom is 0.416 e. The molecule has 2 aliphatic heterocycles. The first-order valence-corrected chi connectivity index (χ1v) is 9.76. The summed E-state index contributed by atoms with van der Waals surface area (Å²) in [6, 6.07) is 7.88. The van der Waals surface area contributed by atoms with Crippen LogP contribution in [-0.2, 0) is 12.7 Å². The molecule has 1 fully saturated rings. The number of anilines is 2. The Morgan fingerprint density at radius 1 is 1.03 bits per heavy atom. The normalized spacial score (nSPS) is 20.5. The second-order valence-electron chi connectivity index (χ2n) is 7.42. The largest absolute Gasteiger partial charge is 0.468 e. The van der Waals surface area contributed by atoms with E-state index in [0.717, 1.165) is 44.2 Å². The van der Waals surface area contributed by atoms with E-state index in [9.17, 15) is 13.2 Å². The SMILES string of the molecule is CC1C=CC=CN1c1cc(C(F)(F)F)ccc1N1CCN(Cc2ccco2)CC1. The van der Waals surface area contributed by atoms with Crippen LogP contribution >= 0.6 is 0 Å². The Labute approximate surface area is 168 Å². The second-order valence-corrected chi connectivity index (χ2v) is 7.42. The van der Waals surface area contributed by atoms with Gasteiger partial charge in [0, 0.05) is 38.4 Å². The highest BCUT2D eigenvalue weighted by Gasteiger charge is 2.33. The van der Waals surface area contributed by atoms with Gasteiger partial charge in [-0.2, -0.15) is 13.2 Å².